The molecule has 0 aliphatic heterocycles. The zero-order valence-electron chi connectivity index (χ0n) is 13.8. The Balaban J connectivity index is 2.68. The number of para-hydroxylation sites is 1. The molecule has 0 bridgehead atoms. The van der Waals surface area contributed by atoms with Crippen molar-refractivity contribution in [1.29, 1.82) is 0 Å². The molecule has 0 spiro atoms. The first-order chi connectivity index (χ1) is 9.58. The predicted octanol–water partition coefficient (Wildman–Crippen LogP) is 4.15. The SMILES string of the molecule is CCC(C)C(CNCC(C)C)Cc1ccccc1OC. The van der Waals surface area contributed by atoms with Crippen LogP contribution in [0.1, 0.15) is 39.7 Å². The Kier molecular flexibility index (Phi) is 7.68. The van der Waals surface area contributed by atoms with E-state index in [9.17, 15) is 0 Å². The van der Waals surface area contributed by atoms with Gasteiger partial charge in [-0.2, -0.15) is 0 Å². The van der Waals surface area contributed by atoms with Crippen molar-refractivity contribution in [3.8, 4) is 5.75 Å². The molecule has 2 unspecified atom stereocenters. The highest BCUT2D eigenvalue weighted by atomic mass is 16.5. The van der Waals surface area contributed by atoms with E-state index < -0.39 is 0 Å². The van der Waals surface area contributed by atoms with E-state index in [-0.39, 0.29) is 0 Å². The van der Waals surface area contributed by atoms with Gasteiger partial charge in [-0.05, 0) is 48.9 Å². The highest BCUT2D eigenvalue weighted by Gasteiger charge is 2.18. The number of hydrogen-bond acceptors (Lipinski definition) is 2. The van der Waals surface area contributed by atoms with Gasteiger partial charge in [-0.1, -0.05) is 52.3 Å². The standard InChI is InChI=1S/C18H31NO/c1-6-15(4)17(13-19-12-14(2)3)11-16-9-7-8-10-18(16)20-5/h7-10,14-15,17,19H,6,11-13H2,1-5H3. The molecule has 0 radical (unpaired) electrons. The molecule has 114 valence electrons. The van der Waals surface area contributed by atoms with Gasteiger partial charge in [0.1, 0.15) is 5.75 Å². The summed E-state index contributed by atoms with van der Waals surface area (Å²) in [6.07, 6.45) is 2.31. The number of rotatable bonds is 9. The highest BCUT2D eigenvalue weighted by Crippen LogP contribution is 2.25. The van der Waals surface area contributed by atoms with E-state index in [1.165, 1.54) is 12.0 Å². The van der Waals surface area contributed by atoms with Crippen LogP contribution < -0.4 is 10.1 Å². The lowest BCUT2D eigenvalue weighted by Crippen LogP contribution is -2.31. The van der Waals surface area contributed by atoms with Gasteiger partial charge in [-0.25, -0.2) is 0 Å². The molecule has 0 heterocycles. The quantitative estimate of drug-likeness (QED) is 0.732. The Morgan fingerprint density at radius 2 is 1.80 bits per heavy atom. The average Bonchev–Trinajstić information content (AvgIpc) is 2.45. The van der Waals surface area contributed by atoms with E-state index in [0.717, 1.165) is 31.2 Å². The van der Waals surface area contributed by atoms with Gasteiger partial charge in [0.05, 0.1) is 7.11 Å². The first kappa shape index (κ1) is 17.0. The van der Waals surface area contributed by atoms with Crippen LogP contribution in [-0.4, -0.2) is 20.2 Å². The van der Waals surface area contributed by atoms with Gasteiger partial charge in [0.15, 0.2) is 0 Å². The summed E-state index contributed by atoms with van der Waals surface area (Å²) >= 11 is 0. The monoisotopic (exact) mass is 277 g/mol. The molecule has 1 aromatic rings. The van der Waals surface area contributed by atoms with Gasteiger partial charge < -0.3 is 10.1 Å². The number of nitrogens with one attached hydrogen (secondary N) is 1. The average molecular weight is 277 g/mol. The normalized spacial score (nSPS) is 14.3. The van der Waals surface area contributed by atoms with Crippen LogP contribution in [0, 0.1) is 17.8 Å². The van der Waals surface area contributed by atoms with Gasteiger partial charge in [0.25, 0.3) is 0 Å². The maximum absolute atomic E-state index is 5.48. The number of methoxy groups -OCH3 is 1. The van der Waals surface area contributed by atoms with Crippen LogP contribution in [0.5, 0.6) is 5.75 Å². The van der Waals surface area contributed by atoms with Crippen LogP contribution in [-0.2, 0) is 6.42 Å². The lowest BCUT2D eigenvalue weighted by atomic mass is 9.86. The third-order valence-electron chi connectivity index (χ3n) is 4.08. The molecule has 0 aromatic heterocycles. The van der Waals surface area contributed by atoms with Crippen molar-refractivity contribution in [1.82, 2.24) is 5.32 Å². The van der Waals surface area contributed by atoms with E-state index >= 15 is 0 Å². The third-order valence-corrected chi connectivity index (χ3v) is 4.08. The largest absolute Gasteiger partial charge is 0.496 e. The fourth-order valence-corrected chi connectivity index (χ4v) is 2.52. The minimum absolute atomic E-state index is 0.662. The van der Waals surface area contributed by atoms with Crippen molar-refractivity contribution >= 4 is 0 Å². The van der Waals surface area contributed by atoms with E-state index in [4.69, 9.17) is 4.74 Å². The molecule has 0 saturated carbocycles. The van der Waals surface area contributed by atoms with Gasteiger partial charge in [0, 0.05) is 0 Å². The second-order valence-corrected chi connectivity index (χ2v) is 6.21. The zero-order chi connectivity index (χ0) is 15.0. The zero-order valence-corrected chi connectivity index (χ0v) is 13.8. The van der Waals surface area contributed by atoms with Crippen LogP contribution >= 0.6 is 0 Å². The van der Waals surface area contributed by atoms with E-state index in [1.54, 1.807) is 7.11 Å². The van der Waals surface area contributed by atoms with Gasteiger partial charge in [-0.15, -0.1) is 0 Å². The Morgan fingerprint density at radius 3 is 2.40 bits per heavy atom. The van der Waals surface area contributed by atoms with Crippen LogP contribution in [0.15, 0.2) is 24.3 Å². The maximum Gasteiger partial charge on any atom is 0.122 e. The molecule has 2 atom stereocenters. The second-order valence-electron chi connectivity index (χ2n) is 6.21. The van der Waals surface area contributed by atoms with Crippen molar-refractivity contribution in [2.75, 3.05) is 20.2 Å². The molecule has 0 aliphatic rings. The lowest BCUT2D eigenvalue weighted by molar-refractivity contribution is 0.318. The number of hydrogen-bond donors (Lipinski definition) is 1. The lowest BCUT2D eigenvalue weighted by Gasteiger charge is -2.25. The molecule has 0 saturated heterocycles. The summed E-state index contributed by atoms with van der Waals surface area (Å²) in [6, 6.07) is 8.39. The van der Waals surface area contributed by atoms with E-state index in [1.807, 2.05) is 6.07 Å². The molecule has 0 amide bonds. The summed E-state index contributed by atoms with van der Waals surface area (Å²) in [7, 11) is 1.76. The van der Waals surface area contributed by atoms with E-state index in [0.29, 0.717) is 11.8 Å². The highest BCUT2D eigenvalue weighted by molar-refractivity contribution is 5.33. The Labute approximate surface area is 124 Å². The van der Waals surface area contributed by atoms with Crippen LogP contribution in [0.4, 0.5) is 0 Å². The van der Waals surface area contributed by atoms with Crippen molar-refractivity contribution in [2.45, 2.75) is 40.5 Å². The molecule has 2 heteroatoms. The molecule has 2 nitrogen and oxygen atoms in total. The van der Waals surface area contributed by atoms with Crippen molar-refractivity contribution in [3.63, 3.8) is 0 Å². The van der Waals surface area contributed by atoms with Gasteiger partial charge in [-0.3, -0.25) is 0 Å². The summed E-state index contributed by atoms with van der Waals surface area (Å²) in [6.45, 7) is 11.3. The topological polar surface area (TPSA) is 21.3 Å². The molecule has 1 aromatic carbocycles. The number of ether oxygens (including phenoxy) is 1. The summed E-state index contributed by atoms with van der Waals surface area (Å²) in [5, 5.41) is 3.62. The summed E-state index contributed by atoms with van der Waals surface area (Å²) < 4.78 is 5.48. The van der Waals surface area contributed by atoms with Crippen molar-refractivity contribution in [3.05, 3.63) is 29.8 Å². The minimum Gasteiger partial charge on any atom is -0.496 e. The fourth-order valence-electron chi connectivity index (χ4n) is 2.52. The molecule has 1 rings (SSSR count). The van der Waals surface area contributed by atoms with Crippen LogP contribution in [0.25, 0.3) is 0 Å². The summed E-state index contributed by atoms with van der Waals surface area (Å²) in [4.78, 5) is 0. The molecule has 1 N–H and O–H groups in total. The van der Waals surface area contributed by atoms with Gasteiger partial charge >= 0.3 is 0 Å². The first-order valence-electron chi connectivity index (χ1n) is 7.91. The van der Waals surface area contributed by atoms with Crippen molar-refractivity contribution in [2.24, 2.45) is 17.8 Å². The Bertz CT molecular complexity index is 375. The third kappa shape index (κ3) is 5.54. The smallest absolute Gasteiger partial charge is 0.122 e. The Morgan fingerprint density at radius 1 is 1.10 bits per heavy atom. The Hall–Kier alpha value is -1.02. The summed E-state index contributed by atoms with van der Waals surface area (Å²) in [5.41, 5.74) is 1.33. The minimum atomic E-state index is 0.662. The first-order valence-corrected chi connectivity index (χ1v) is 7.91. The molecular weight excluding hydrogens is 246 g/mol. The van der Waals surface area contributed by atoms with Gasteiger partial charge in [0.2, 0.25) is 0 Å². The number of benzene rings is 1. The summed E-state index contributed by atoms with van der Waals surface area (Å²) in [5.74, 6) is 3.11. The van der Waals surface area contributed by atoms with Crippen LogP contribution in [0.3, 0.4) is 0 Å². The molecule has 0 fully saturated rings. The molecule has 0 aliphatic carbocycles. The fraction of sp³-hybridized carbons (Fsp3) is 0.667. The van der Waals surface area contributed by atoms with Crippen LogP contribution in [0.2, 0.25) is 0 Å². The predicted molar refractivity (Wildman–Crippen MR) is 87.4 cm³/mol. The van der Waals surface area contributed by atoms with Crippen molar-refractivity contribution < 1.29 is 4.74 Å². The molecule has 20 heavy (non-hydrogen) atoms. The van der Waals surface area contributed by atoms with E-state index in [2.05, 4.69) is 51.2 Å². The second kappa shape index (κ2) is 9.02. The molecular formula is C18H31NO. The maximum atomic E-state index is 5.48.